The Kier molecular flexibility index (Phi) is 11.3. The van der Waals surface area contributed by atoms with Crippen LogP contribution in [0.5, 0.6) is 11.5 Å². The van der Waals surface area contributed by atoms with E-state index >= 15 is 0 Å². The van der Waals surface area contributed by atoms with E-state index in [1.165, 1.54) is 0 Å². The van der Waals surface area contributed by atoms with Gasteiger partial charge < -0.3 is 18.9 Å². The number of hydrogen-bond acceptors (Lipinski definition) is 6. The summed E-state index contributed by atoms with van der Waals surface area (Å²) in [5, 5.41) is -2.47. The zero-order chi connectivity index (χ0) is 26.1. The Morgan fingerprint density at radius 2 is 0.676 bits per heavy atom. The van der Waals surface area contributed by atoms with E-state index < -0.39 is 35.6 Å². The van der Waals surface area contributed by atoms with Crippen molar-refractivity contribution in [3.05, 3.63) is 50.2 Å². The predicted octanol–water partition coefficient (Wildman–Crippen LogP) is 8.76. The molecule has 0 fully saturated rings. The van der Waals surface area contributed by atoms with Gasteiger partial charge in [0.05, 0.1) is 30.1 Å². The Labute approximate surface area is 242 Å². The van der Waals surface area contributed by atoms with Gasteiger partial charge in [0.25, 0.3) is 0 Å². The van der Waals surface area contributed by atoms with Crippen molar-refractivity contribution in [3.8, 4) is 11.5 Å². The first-order chi connectivity index (χ1) is 15.8. The van der Waals surface area contributed by atoms with Crippen LogP contribution in [0.2, 0.25) is 50.2 Å². The first-order valence-electron chi connectivity index (χ1n) is 8.31. The number of methoxy groups -OCH3 is 2. The monoisotopic (exact) mass is 670 g/mol. The van der Waals surface area contributed by atoms with E-state index in [2.05, 4.69) is 0 Å². The second-order valence-electron chi connectivity index (χ2n) is 5.95. The van der Waals surface area contributed by atoms with E-state index in [1.807, 2.05) is 0 Å². The summed E-state index contributed by atoms with van der Waals surface area (Å²) in [6, 6.07) is 0. The lowest BCUT2D eigenvalue weighted by Crippen LogP contribution is -2.46. The molecule has 16 heteroatoms. The van der Waals surface area contributed by atoms with E-state index in [1.54, 1.807) is 0 Å². The average molecular weight is 675 g/mol. The Morgan fingerprint density at radius 1 is 0.471 bits per heavy atom. The zero-order valence-corrected chi connectivity index (χ0v) is 23.9. The molecule has 0 aliphatic heterocycles. The fraction of sp³-hybridized carbons (Fsp3) is 0.222. The standard InChI is InChI=1S/C18H8Cl10O6/c1-31-15(17(29)33-13-9(25)5(21)3(19)6(22)10(13)26)16(32-2)18(30)34-14-11(27)7(23)4(20)8(24)12(14)28/h15-16H,1-2H3/t15-,16-/m0/s1. The van der Waals surface area contributed by atoms with Gasteiger partial charge >= 0.3 is 11.9 Å². The molecule has 0 radical (unpaired) electrons. The minimum Gasteiger partial charge on any atom is -0.421 e. The van der Waals surface area contributed by atoms with Crippen molar-refractivity contribution in [2.75, 3.05) is 14.2 Å². The highest BCUT2D eigenvalue weighted by Gasteiger charge is 2.39. The number of rotatable bonds is 7. The third kappa shape index (κ3) is 6.01. The van der Waals surface area contributed by atoms with Crippen LogP contribution in [-0.4, -0.2) is 38.4 Å². The summed E-state index contributed by atoms with van der Waals surface area (Å²) >= 11 is 59.9. The van der Waals surface area contributed by atoms with Crippen LogP contribution in [0.1, 0.15) is 0 Å². The maximum absolute atomic E-state index is 12.8. The molecule has 2 rings (SSSR count). The van der Waals surface area contributed by atoms with Crippen LogP contribution in [-0.2, 0) is 19.1 Å². The lowest BCUT2D eigenvalue weighted by molar-refractivity contribution is -0.167. The number of hydrogen-bond donors (Lipinski definition) is 0. The topological polar surface area (TPSA) is 71.1 Å². The molecule has 0 saturated heterocycles. The smallest absolute Gasteiger partial charge is 0.344 e. The summed E-state index contributed by atoms with van der Waals surface area (Å²) in [7, 11) is 2.18. The Morgan fingerprint density at radius 3 is 0.882 bits per heavy atom. The molecule has 0 unspecified atom stereocenters. The fourth-order valence-electron chi connectivity index (χ4n) is 2.35. The molecule has 0 saturated carbocycles. The van der Waals surface area contributed by atoms with Gasteiger partial charge in [-0.15, -0.1) is 0 Å². The first-order valence-corrected chi connectivity index (χ1v) is 12.1. The number of esters is 2. The lowest BCUT2D eigenvalue weighted by Gasteiger charge is -2.23. The summed E-state index contributed by atoms with van der Waals surface area (Å²) < 4.78 is 20.5. The van der Waals surface area contributed by atoms with Gasteiger partial charge in [0.2, 0.25) is 0 Å². The van der Waals surface area contributed by atoms with E-state index in [9.17, 15) is 9.59 Å². The third-order valence-electron chi connectivity index (χ3n) is 3.99. The SMILES string of the molecule is CO[C@H](C(=O)Oc1c(Cl)c(Cl)c(Cl)c(Cl)c1Cl)[C@H](OC)C(=O)Oc1c(Cl)c(Cl)c(Cl)c(Cl)c1Cl. The van der Waals surface area contributed by atoms with Crippen molar-refractivity contribution >= 4 is 128 Å². The number of ether oxygens (including phenoxy) is 4. The lowest BCUT2D eigenvalue weighted by atomic mass is 10.2. The molecule has 186 valence electrons. The van der Waals surface area contributed by atoms with Crippen LogP contribution in [0.15, 0.2) is 0 Å². The summed E-state index contributed by atoms with van der Waals surface area (Å²) in [5.41, 5.74) is 0. The van der Waals surface area contributed by atoms with Crippen LogP contribution in [0, 0.1) is 0 Å². The molecule has 0 spiro atoms. The summed E-state index contributed by atoms with van der Waals surface area (Å²) in [5.74, 6) is -3.23. The van der Waals surface area contributed by atoms with Crippen LogP contribution in [0.3, 0.4) is 0 Å². The maximum Gasteiger partial charge on any atom is 0.344 e. The summed E-state index contributed by atoms with van der Waals surface area (Å²) in [4.78, 5) is 25.6. The van der Waals surface area contributed by atoms with Crippen molar-refractivity contribution in [2.24, 2.45) is 0 Å². The third-order valence-corrected chi connectivity index (χ3v) is 8.48. The number of carbonyl (C=O) groups excluding carboxylic acids is 2. The molecular formula is C18H8Cl10O6. The molecule has 34 heavy (non-hydrogen) atoms. The van der Waals surface area contributed by atoms with Crippen LogP contribution >= 0.6 is 116 Å². The minimum absolute atomic E-state index is 0.159. The van der Waals surface area contributed by atoms with E-state index in [-0.39, 0.29) is 50.2 Å². The van der Waals surface area contributed by atoms with Crippen LogP contribution in [0.25, 0.3) is 0 Å². The van der Waals surface area contributed by atoms with Gasteiger partial charge in [-0.2, -0.15) is 0 Å². The Balaban J connectivity index is 2.38. The fourth-order valence-corrected chi connectivity index (χ4v) is 4.75. The van der Waals surface area contributed by atoms with Crippen molar-refractivity contribution in [2.45, 2.75) is 12.2 Å². The van der Waals surface area contributed by atoms with Gasteiger partial charge in [0, 0.05) is 14.2 Å². The molecule has 0 heterocycles. The molecule has 2 atom stereocenters. The second kappa shape index (κ2) is 12.6. The molecule has 2 aromatic rings. The molecular weight excluding hydrogens is 667 g/mol. The van der Waals surface area contributed by atoms with Crippen molar-refractivity contribution in [1.82, 2.24) is 0 Å². The van der Waals surface area contributed by atoms with Gasteiger partial charge in [0.1, 0.15) is 20.1 Å². The molecule has 0 aromatic heterocycles. The first kappa shape index (κ1) is 30.4. The van der Waals surface area contributed by atoms with Crippen molar-refractivity contribution < 1.29 is 28.5 Å². The van der Waals surface area contributed by atoms with Gasteiger partial charge in [-0.1, -0.05) is 116 Å². The second-order valence-corrected chi connectivity index (χ2v) is 9.73. The average Bonchev–Trinajstić information content (AvgIpc) is 2.82. The highest BCUT2D eigenvalue weighted by molar-refractivity contribution is 6.56. The van der Waals surface area contributed by atoms with Crippen molar-refractivity contribution in [3.63, 3.8) is 0 Å². The van der Waals surface area contributed by atoms with Gasteiger partial charge in [-0.25, -0.2) is 9.59 Å². The normalized spacial score (nSPS) is 12.9. The van der Waals surface area contributed by atoms with Crippen LogP contribution in [0.4, 0.5) is 0 Å². The quantitative estimate of drug-likeness (QED) is 0.127. The van der Waals surface area contributed by atoms with Crippen molar-refractivity contribution in [1.29, 1.82) is 0 Å². The number of carbonyl (C=O) groups is 2. The molecule has 6 nitrogen and oxygen atoms in total. The molecule has 2 aromatic carbocycles. The number of halogens is 10. The highest BCUT2D eigenvalue weighted by Crippen LogP contribution is 2.49. The van der Waals surface area contributed by atoms with E-state index in [4.69, 9.17) is 135 Å². The van der Waals surface area contributed by atoms with Gasteiger partial charge in [0.15, 0.2) is 23.7 Å². The van der Waals surface area contributed by atoms with E-state index in [0.717, 1.165) is 14.2 Å². The van der Waals surface area contributed by atoms with Crippen LogP contribution < -0.4 is 9.47 Å². The van der Waals surface area contributed by atoms with E-state index in [0.29, 0.717) is 0 Å². The zero-order valence-electron chi connectivity index (χ0n) is 16.4. The highest BCUT2D eigenvalue weighted by atomic mass is 35.5. The molecule has 0 aliphatic carbocycles. The Hall–Kier alpha value is 0.200. The molecule has 0 amide bonds. The molecule has 0 N–H and O–H groups in total. The predicted molar refractivity (Wildman–Crippen MR) is 136 cm³/mol. The van der Waals surface area contributed by atoms with Gasteiger partial charge in [-0.05, 0) is 0 Å². The molecule has 0 bridgehead atoms. The summed E-state index contributed by atoms with van der Waals surface area (Å²) in [6.07, 6.45) is -3.43. The Bertz CT molecular complexity index is 1010. The molecule has 0 aliphatic rings. The summed E-state index contributed by atoms with van der Waals surface area (Å²) in [6.45, 7) is 0. The number of benzene rings is 2. The largest absolute Gasteiger partial charge is 0.421 e. The minimum atomic E-state index is -1.71. The maximum atomic E-state index is 12.8. The van der Waals surface area contributed by atoms with Gasteiger partial charge in [-0.3, -0.25) is 0 Å².